The number of pyridine rings is 1. The fourth-order valence-corrected chi connectivity index (χ4v) is 2.68. The van der Waals surface area contributed by atoms with Crippen LogP contribution in [0.3, 0.4) is 0 Å². The first-order valence-electron chi connectivity index (χ1n) is 6.13. The molecule has 0 saturated heterocycles. The first kappa shape index (κ1) is 13.7. The number of thiazole rings is 1. The molecule has 5 heteroatoms. The van der Waals surface area contributed by atoms with Gasteiger partial charge in [-0.3, -0.25) is 9.78 Å². The molecule has 0 N–H and O–H groups in total. The summed E-state index contributed by atoms with van der Waals surface area (Å²) in [6.07, 6.45) is 2.05. The lowest BCUT2D eigenvalue weighted by molar-refractivity contribution is -0.142. The van der Waals surface area contributed by atoms with Gasteiger partial charge >= 0.3 is 5.97 Å². The second kappa shape index (κ2) is 5.93. The topological polar surface area (TPSA) is 52.1 Å². The fraction of sp³-hybridized carbons (Fsp3) is 0.357. The summed E-state index contributed by atoms with van der Waals surface area (Å²) in [7, 11) is 0. The lowest BCUT2D eigenvalue weighted by Crippen LogP contribution is -2.07. The summed E-state index contributed by atoms with van der Waals surface area (Å²) in [4.78, 5) is 20.3. The van der Waals surface area contributed by atoms with Gasteiger partial charge in [0.15, 0.2) is 0 Å². The lowest BCUT2D eigenvalue weighted by Gasteiger charge is -2.02. The Morgan fingerprint density at radius 3 is 2.89 bits per heavy atom. The van der Waals surface area contributed by atoms with Crippen LogP contribution in [0.1, 0.15) is 23.7 Å². The van der Waals surface area contributed by atoms with Crippen molar-refractivity contribution in [3.05, 3.63) is 34.5 Å². The van der Waals surface area contributed by atoms with Crippen LogP contribution in [0, 0.1) is 13.8 Å². The minimum atomic E-state index is -0.243. The number of rotatable bonds is 4. The van der Waals surface area contributed by atoms with Crippen molar-refractivity contribution in [1.82, 2.24) is 9.97 Å². The largest absolute Gasteiger partial charge is 0.466 e. The average molecular weight is 276 g/mol. The molecule has 0 aromatic carbocycles. The van der Waals surface area contributed by atoms with Gasteiger partial charge in [-0.25, -0.2) is 4.98 Å². The Morgan fingerprint density at radius 2 is 2.21 bits per heavy atom. The van der Waals surface area contributed by atoms with E-state index < -0.39 is 0 Å². The summed E-state index contributed by atoms with van der Waals surface area (Å²) in [5, 5.41) is 2.73. The van der Waals surface area contributed by atoms with Gasteiger partial charge in [0, 0.05) is 11.6 Å². The molecular formula is C14H16N2O2S. The Labute approximate surface area is 116 Å². The minimum absolute atomic E-state index is 0.218. The van der Waals surface area contributed by atoms with Crippen LogP contribution in [0.25, 0.3) is 10.7 Å². The van der Waals surface area contributed by atoms with Crippen molar-refractivity contribution >= 4 is 17.3 Å². The first-order chi connectivity index (χ1) is 9.10. The monoisotopic (exact) mass is 276 g/mol. The number of carbonyl (C=O) groups excluding carboxylic acids is 1. The molecule has 0 aliphatic heterocycles. The Morgan fingerprint density at radius 1 is 1.42 bits per heavy atom. The summed E-state index contributed by atoms with van der Waals surface area (Å²) in [6.45, 7) is 6.22. The van der Waals surface area contributed by atoms with Crippen molar-refractivity contribution < 1.29 is 9.53 Å². The van der Waals surface area contributed by atoms with E-state index in [1.165, 1.54) is 11.3 Å². The molecule has 0 aliphatic carbocycles. The second-order valence-electron chi connectivity index (χ2n) is 4.30. The summed E-state index contributed by atoms with van der Waals surface area (Å²) in [6, 6.07) is 2.08. The van der Waals surface area contributed by atoms with Gasteiger partial charge in [-0.15, -0.1) is 11.3 Å². The van der Waals surface area contributed by atoms with Crippen molar-refractivity contribution in [3.63, 3.8) is 0 Å². The third-order valence-corrected chi connectivity index (χ3v) is 3.50. The Kier molecular flexibility index (Phi) is 4.27. The number of aromatic nitrogens is 2. The van der Waals surface area contributed by atoms with Crippen molar-refractivity contribution in [1.29, 1.82) is 0 Å². The van der Waals surface area contributed by atoms with Gasteiger partial charge in [0.2, 0.25) is 0 Å². The number of nitrogens with zero attached hydrogens (tertiary/aromatic N) is 2. The second-order valence-corrected chi connectivity index (χ2v) is 5.16. The van der Waals surface area contributed by atoms with Crippen LogP contribution in [0.2, 0.25) is 0 Å². The molecule has 2 heterocycles. The van der Waals surface area contributed by atoms with Crippen LogP contribution in [-0.2, 0) is 16.0 Å². The third-order valence-electron chi connectivity index (χ3n) is 2.60. The number of ether oxygens (including phenoxy) is 1. The third kappa shape index (κ3) is 3.38. The minimum Gasteiger partial charge on any atom is -0.466 e. The van der Waals surface area contributed by atoms with E-state index in [0.29, 0.717) is 6.61 Å². The van der Waals surface area contributed by atoms with E-state index in [0.717, 1.165) is 27.5 Å². The maximum Gasteiger partial charge on any atom is 0.311 e. The van der Waals surface area contributed by atoms with E-state index >= 15 is 0 Å². The molecule has 100 valence electrons. The Balaban J connectivity index is 2.18. The van der Waals surface area contributed by atoms with E-state index in [9.17, 15) is 4.79 Å². The van der Waals surface area contributed by atoms with E-state index in [4.69, 9.17) is 4.74 Å². The highest BCUT2D eigenvalue weighted by atomic mass is 32.1. The number of aryl methyl sites for hydroxylation is 2. The van der Waals surface area contributed by atoms with Crippen LogP contribution in [0.4, 0.5) is 0 Å². The van der Waals surface area contributed by atoms with Crippen LogP contribution >= 0.6 is 11.3 Å². The predicted octanol–water partition coefficient (Wildman–Crippen LogP) is 2.93. The van der Waals surface area contributed by atoms with Crippen molar-refractivity contribution in [3.8, 4) is 10.7 Å². The van der Waals surface area contributed by atoms with Gasteiger partial charge < -0.3 is 4.74 Å². The lowest BCUT2D eigenvalue weighted by atomic mass is 10.2. The van der Waals surface area contributed by atoms with Crippen LogP contribution in [0.5, 0.6) is 0 Å². The molecule has 4 nitrogen and oxygen atoms in total. The molecule has 0 radical (unpaired) electrons. The zero-order valence-electron chi connectivity index (χ0n) is 11.3. The van der Waals surface area contributed by atoms with Gasteiger partial charge in [-0.05, 0) is 31.9 Å². The highest BCUT2D eigenvalue weighted by Crippen LogP contribution is 2.25. The predicted molar refractivity (Wildman–Crippen MR) is 75.2 cm³/mol. The normalized spacial score (nSPS) is 10.5. The highest BCUT2D eigenvalue weighted by Gasteiger charge is 2.12. The number of esters is 1. The molecular weight excluding hydrogens is 260 g/mol. The molecule has 0 unspecified atom stereocenters. The number of carbonyl (C=O) groups is 1. The van der Waals surface area contributed by atoms with E-state index in [1.54, 1.807) is 6.92 Å². The summed E-state index contributed by atoms with van der Waals surface area (Å²) in [5.74, 6) is -0.243. The van der Waals surface area contributed by atoms with Crippen LogP contribution in [0.15, 0.2) is 17.6 Å². The zero-order valence-corrected chi connectivity index (χ0v) is 12.1. The molecule has 2 rings (SSSR count). The molecule has 2 aromatic heterocycles. The SMILES string of the molecule is CCOC(=O)Cc1csc(-c2ncc(C)cc2C)n1. The molecule has 19 heavy (non-hydrogen) atoms. The molecule has 2 aromatic rings. The number of hydrogen-bond acceptors (Lipinski definition) is 5. The van der Waals surface area contributed by atoms with E-state index in [2.05, 4.69) is 16.0 Å². The van der Waals surface area contributed by atoms with Gasteiger partial charge in [0.1, 0.15) is 10.7 Å². The van der Waals surface area contributed by atoms with E-state index in [-0.39, 0.29) is 12.4 Å². The van der Waals surface area contributed by atoms with Gasteiger partial charge in [0.05, 0.1) is 18.7 Å². The number of hydrogen-bond donors (Lipinski definition) is 0. The quantitative estimate of drug-likeness (QED) is 0.806. The summed E-state index contributed by atoms with van der Waals surface area (Å²) in [5.41, 5.74) is 3.84. The highest BCUT2D eigenvalue weighted by molar-refractivity contribution is 7.13. The van der Waals surface area contributed by atoms with Crippen LogP contribution in [-0.4, -0.2) is 22.5 Å². The maximum atomic E-state index is 11.4. The maximum absolute atomic E-state index is 11.4. The zero-order chi connectivity index (χ0) is 13.8. The molecule has 0 bridgehead atoms. The van der Waals surface area contributed by atoms with Gasteiger partial charge in [-0.2, -0.15) is 0 Å². The molecule has 0 amide bonds. The van der Waals surface area contributed by atoms with Crippen LogP contribution < -0.4 is 0 Å². The van der Waals surface area contributed by atoms with Gasteiger partial charge in [0.25, 0.3) is 0 Å². The molecule has 0 atom stereocenters. The smallest absolute Gasteiger partial charge is 0.311 e. The van der Waals surface area contributed by atoms with Crippen molar-refractivity contribution in [2.24, 2.45) is 0 Å². The molecule has 0 saturated carbocycles. The fourth-order valence-electron chi connectivity index (χ4n) is 1.80. The standard InChI is InChI=1S/C14H16N2O2S/c1-4-18-12(17)6-11-8-19-14(16-11)13-10(3)5-9(2)7-15-13/h5,7-8H,4,6H2,1-3H3. The summed E-state index contributed by atoms with van der Waals surface area (Å²) < 4.78 is 4.91. The molecule has 0 fully saturated rings. The summed E-state index contributed by atoms with van der Waals surface area (Å²) >= 11 is 1.50. The Hall–Kier alpha value is -1.75. The van der Waals surface area contributed by atoms with Gasteiger partial charge in [-0.1, -0.05) is 6.07 Å². The van der Waals surface area contributed by atoms with E-state index in [1.807, 2.05) is 25.4 Å². The van der Waals surface area contributed by atoms with Crippen molar-refractivity contribution in [2.75, 3.05) is 6.61 Å². The molecule has 0 aliphatic rings. The molecule has 0 spiro atoms. The van der Waals surface area contributed by atoms with Crippen molar-refractivity contribution in [2.45, 2.75) is 27.2 Å². The average Bonchev–Trinajstić information content (AvgIpc) is 2.77. The Bertz CT molecular complexity index is 593. The first-order valence-corrected chi connectivity index (χ1v) is 7.01.